The Balaban J connectivity index is 0.000000739. The van der Waals surface area contributed by atoms with E-state index < -0.39 is 49.5 Å². The first kappa shape index (κ1) is 28.0. The van der Waals surface area contributed by atoms with E-state index in [9.17, 15) is 21.6 Å². The van der Waals surface area contributed by atoms with Gasteiger partial charge in [-0.25, -0.2) is 22.2 Å². The summed E-state index contributed by atoms with van der Waals surface area (Å²) in [6, 6.07) is 4.28. The van der Waals surface area contributed by atoms with Gasteiger partial charge in [-0.05, 0) is 38.6 Å². The second kappa shape index (κ2) is 11.0. The number of anilines is 2. The van der Waals surface area contributed by atoms with Crippen LogP contribution >= 0.6 is 11.6 Å². The van der Waals surface area contributed by atoms with E-state index in [-0.39, 0.29) is 5.69 Å². The summed E-state index contributed by atoms with van der Waals surface area (Å²) in [6.45, 7) is 1.92. The van der Waals surface area contributed by atoms with Crippen molar-refractivity contribution in [1.82, 2.24) is 9.88 Å². The number of rotatable bonds is 6. The Bertz CT molecular complexity index is 1110. The van der Waals surface area contributed by atoms with Crippen LogP contribution in [0.1, 0.15) is 6.42 Å². The van der Waals surface area contributed by atoms with Gasteiger partial charge in [0, 0.05) is 25.7 Å². The largest absolute Gasteiger partial charge is 0.402 e. The summed E-state index contributed by atoms with van der Waals surface area (Å²) in [4.78, 5) is 5.86. The molecule has 1 aliphatic heterocycles. The van der Waals surface area contributed by atoms with Gasteiger partial charge in [0.2, 0.25) is 5.95 Å². The molecule has 1 fully saturated rings. The Kier molecular flexibility index (Phi) is 9.10. The summed E-state index contributed by atoms with van der Waals surface area (Å²) in [7, 11) is -0.841. The molecule has 1 saturated heterocycles. The first-order valence-electron chi connectivity index (χ1n) is 9.70. The molecule has 3 rings (SSSR count). The van der Waals surface area contributed by atoms with E-state index in [2.05, 4.69) is 4.98 Å². The Morgan fingerprint density at radius 2 is 1.85 bits per heavy atom. The normalized spacial score (nSPS) is 16.4. The van der Waals surface area contributed by atoms with Gasteiger partial charge in [-0.1, -0.05) is 17.7 Å². The minimum atomic E-state index is -4.72. The molecule has 1 aliphatic rings. The van der Waals surface area contributed by atoms with Crippen molar-refractivity contribution >= 4 is 33.1 Å². The Morgan fingerprint density at radius 3 is 2.41 bits per heavy atom. The number of sulfonamides is 1. The molecule has 1 aromatic carbocycles. The first-order valence-corrected chi connectivity index (χ1v) is 11.6. The fourth-order valence-electron chi connectivity index (χ4n) is 3.41. The van der Waals surface area contributed by atoms with Gasteiger partial charge in [-0.3, -0.25) is 4.72 Å². The van der Waals surface area contributed by atoms with Crippen molar-refractivity contribution < 1.29 is 42.0 Å². The molecule has 2 aromatic rings. The molecule has 0 spiro atoms. The van der Waals surface area contributed by atoms with Crippen LogP contribution in [-0.4, -0.2) is 78.6 Å². The highest BCUT2D eigenvalue weighted by Crippen LogP contribution is 2.37. The van der Waals surface area contributed by atoms with E-state index in [1.807, 2.05) is 23.7 Å². The SMILES string of the molecule is CN(C)CC1CCN(c2cc(F)c(S(=O)(=O)Nc3cccc(F)n3)c(F)c2Cl)C1.OC(O)(O)O. The van der Waals surface area contributed by atoms with E-state index in [0.29, 0.717) is 19.0 Å². The molecular weight excluding hydrogens is 505 g/mol. The third-order valence-corrected chi connectivity index (χ3v) is 6.32. The molecule has 190 valence electrons. The summed E-state index contributed by atoms with van der Waals surface area (Å²) in [5.41, 5.74) is 0.103. The van der Waals surface area contributed by atoms with E-state index in [0.717, 1.165) is 31.2 Å². The zero-order valence-corrected chi connectivity index (χ0v) is 19.7. The van der Waals surface area contributed by atoms with Gasteiger partial charge in [-0.15, -0.1) is 0 Å². The maximum absolute atomic E-state index is 14.8. The molecule has 10 nitrogen and oxygen atoms in total. The minimum absolute atomic E-state index is 0.103. The molecule has 0 saturated carbocycles. The molecule has 0 bridgehead atoms. The molecule has 1 aromatic heterocycles. The van der Waals surface area contributed by atoms with Gasteiger partial charge in [-0.2, -0.15) is 4.39 Å². The van der Waals surface area contributed by atoms with Gasteiger partial charge < -0.3 is 30.2 Å². The highest BCUT2D eigenvalue weighted by atomic mass is 35.5. The van der Waals surface area contributed by atoms with Crippen LogP contribution in [0.3, 0.4) is 0 Å². The predicted molar refractivity (Wildman–Crippen MR) is 117 cm³/mol. The second-order valence-electron chi connectivity index (χ2n) is 7.75. The van der Waals surface area contributed by atoms with Crippen LogP contribution in [0.25, 0.3) is 0 Å². The van der Waals surface area contributed by atoms with Crippen molar-refractivity contribution in [3.63, 3.8) is 0 Å². The topological polar surface area (TPSA) is 146 Å². The van der Waals surface area contributed by atoms with E-state index in [1.54, 1.807) is 4.90 Å². The van der Waals surface area contributed by atoms with E-state index in [4.69, 9.17) is 32.0 Å². The monoisotopic (exact) mass is 528 g/mol. The van der Waals surface area contributed by atoms with Crippen LogP contribution in [0, 0.1) is 23.5 Å². The van der Waals surface area contributed by atoms with Crippen molar-refractivity contribution in [2.45, 2.75) is 17.5 Å². The molecule has 34 heavy (non-hydrogen) atoms. The second-order valence-corrected chi connectivity index (χ2v) is 9.75. The third-order valence-electron chi connectivity index (χ3n) is 4.57. The lowest BCUT2D eigenvalue weighted by atomic mass is 10.1. The van der Waals surface area contributed by atoms with Crippen LogP contribution in [-0.2, 0) is 10.0 Å². The summed E-state index contributed by atoms with van der Waals surface area (Å²) in [5.74, 6) is -3.74. The predicted octanol–water partition coefficient (Wildman–Crippen LogP) is 0.908. The lowest BCUT2D eigenvalue weighted by molar-refractivity contribution is -0.436. The molecule has 0 radical (unpaired) electrons. The molecule has 15 heteroatoms. The summed E-state index contributed by atoms with van der Waals surface area (Å²) in [6.07, 6.45) is -2.68. The van der Waals surface area contributed by atoms with Gasteiger partial charge in [0.05, 0.1) is 5.69 Å². The minimum Gasteiger partial charge on any atom is -0.370 e. The lowest BCUT2D eigenvalue weighted by Gasteiger charge is -2.22. The molecular formula is C19H24ClF3N4O6S. The lowest BCUT2D eigenvalue weighted by Crippen LogP contribution is -2.26. The number of aliphatic hydroxyl groups is 4. The zero-order valence-electron chi connectivity index (χ0n) is 18.1. The molecule has 1 atom stereocenters. The molecule has 0 aliphatic carbocycles. The highest BCUT2D eigenvalue weighted by Gasteiger charge is 2.32. The van der Waals surface area contributed by atoms with Crippen LogP contribution < -0.4 is 9.62 Å². The summed E-state index contributed by atoms with van der Waals surface area (Å²) >= 11 is 6.08. The van der Waals surface area contributed by atoms with Gasteiger partial charge in [0.15, 0.2) is 10.7 Å². The van der Waals surface area contributed by atoms with Gasteiger partial charge in [0.1, 0.15) is 16.7 Å². The standard InChI is InChI=1S/C18H20ClF3N4O2S.CH4O4/c1-25(2)9-11-6-7-26(10-11)13-8-12(20)18(17(22)16(13)19)29(27,28)24-15-5-3-4-14(21)23-15;2-1(3,4)5/h3-5,8,11H,6-7,9-10H2,1-2H3,(H,23,24);2-5H. The van der Waals surface area contributed by atoms with E-state index in [1.165, 1.54) is 6.07 Å². The number of nitrogens with zero attached hydrogens (tertiary/aromatic N) is 3. The van der Waals surface area contributed by atoms with Crippen molar-refractivity contribution in [3.8, 4) is 0 Å². The zero-order chi connectivity index (χ0) is 25.8. The molecule has 2 heterocycles. The fourth-order valence-corrected chi connectivity index (χ4v) is 4.88. The number of pyridine rings is 1. The van der Waals surface area contributed by atoms with Crippen LogP contribution in [0.2, 0.25) is 5.02 Å². The molecule has 5 N–H and O–H groups in total. The number of nitrogens with one attached hydrogen (secondary N) is 1. The van der Waals surface area contributed by atoms with Crippen molar-refractivity contribution in [2.75, 3.05) is 43.4 Å². The third kappa shape index (κ3) is 7.94. The Morgan fingerprint density at radius 1 is 1.24 bits per heavy atom. The van der Waals surface area contributed by atoms with Gasteiger partial charge in [0.25, 0.3) is 10.0 Å². The summed E-state index contributed by atoms with van der Waals surface area (Å²) in [5, 5.41) is 28.3. The molecule has 0 amide bonds. The first-order chi connectivity index (χ1) is 15.6. The Hall–Kier alpha value is -2.20. The van der Waals surface area contributed by atoms with Crippen LogP contribution in [0.4, 0.5) is 24.7 Å². The van der Waals surface area contributed by atoms with Crippen molar-refractivity contribution in [3.05, 3.63) is 46.9 Å². The average Bonchev–Trinajstić information content (AvgIpc) is 3.10. The number of hydrogen-bond acceptors (Lipinski definition) is 9. The van der Waals surface area contributed by atoms with Crippen molar-refractivity contribution in [2.24, 2.45) is 5.92 Å². The Labute approximate surface area is 198 Å². The molecule has 1 unspecified atom stereocenters. The van der Waals surface area contributed by atoms with Crippen LogP contribution in [0.15, 0.2) is 29.2 Å². The number of halogens is 4. The number of hydrogen-bond donors (Lipinski definition) is 5. The quantitative estimate of drug-likeness (QED) is 0.210. The fraction of sp³-hybridized carbons (Fsp3) is 0.421. The summed E-state index contributed by atoms with van der Waals surface area (Å²) < 4.78 is 69.5. The highest BCUT2D eigenvalue weighted by molar-refractivity contribution is 7.92. The van der Waals surface area contributed by atoms with Crippen LogP contribution in [0.5, 0.6) is 0 Å². The maximum atomic E-state index is 14.8. The van der Waals surface area contributed by atoms with Crippen molar-refractivity contribution in [1.29, 1.82) is 0 Å². The number of aromatic nitrogens is 1. The number of benzene rings is 1. The maximum Gasteiger partial charge on any atom is 0.402 e. The smallest absolute Gasteiger partial charge is 0.370 e. The average molecular weight is 529 g/mol. The van der Waals surface area contributed by atoms with E-state index >= 15 is 0 Å². The van der Waals surface area contributed by atoms with Gasteiger partial charge >= 0.3 is 6.16 Å².